The normalized spacial score (nSPS) is 25.0. The van der Waals surface area contributed by atoms with Crippen LogP contribution in [0.15, 0.2) is 66.7 Å². The summed E-state index contributed by atoms with van der Waals surface area (Å²) in [6.07, 6.45) is 5.19. The molecule has 0 unspecified atom stereocenters. The summed E-state index contributed by atoms with van der Waals surface area (Å²) in [6.45, 7) is 2.26. The molecule has 0 spiro atoms. The molecule has 1 aliphatic carbocycles. The second kappa shape index (κ2) is 8.89. The molecular weight excluding hydrogens is 432 g/mol. The van der Waals surface area contributed by atoms with Crippen molar-refractivity contribution in [3.05, 3.63) is 72.3 Å². The zero-order chi connectivity index (χ0) is 23.8. The van der Waals surface area contributed by atoms with Crippen LogP contribution < -0.4 is 9.64 Å². The van der Waals surface area contributed by atoms with Gasteiger partial charge in [-0.3, -0.25) is 24.1 Å². The average molecular weight is 459 g/mol. The Kier molecular flexibility index (Phi) is 5.77. The predicted molar refractivity (Wildman–Crippen MR) is 125 cm³/mol. The van der Waals surface area contributed by atoms with Crippen LogP contribution in [-0.2, 0) is 19.2 Å². The summed E-state index contributed by atoms with van der Waals surface area (Å²) in [4.78, 5) is 53.8. The number of carbonyl (C=O) groups is 4. The van der Waals surface area contributed by atoms with E-state index in [0.717, 1.165) is 5.56 Å². The molecule has 2 aliphatic heterocycles. The second-order valence-electron chi connectivity index (χ2n) is 9.12. The number of ether oxygens (including phenoxy) is 1. The fourth-order valence-corrected chi connectivity index (χ4v) is 5.09. The van der Waals surface area contributed by atoms with Crippen LogP contribution in [0.3, 0.4) is 0 Å². The van der Waals surface area contributed by atoms with Crippen molar-refractivity contribution in [2.24, 2.45) is 17.8 Å². The van der Waals surface area contributed by atoms with Gasteiger partial charge in [-0.1, -0.05) is 42.5 Å². The molecule has 0 radical (unpaired) electrons. The van der Waals surface area contributed by atoms with Crippen LogP contribution in [0, 0.1) is 17.8 Å². The number of esters is 1. The average Bonchev–Trinajstić information content (AvgIpc) is 3.37. The maximum absolute atomic E-state index is 12.8. The van der Waals surface area contributed by atoms with Gasteiger partial charge in [0.1, 0.15) is 5.75 Å². The molecular formula is C27H26N2O5. The van der Waals surface area contributed by atoms with Crippen molar-refractivity contribution >= 4 is 29.4 Å². The lowest BCUT2D eigenvalue weighted by Gasteiger charge is -2.25. The van der Waals surface area contributed by atoms with Gasteiger partial charge in [0.05, 0.1) is 29.5 Å². The number of amides is 3. The fraction of sp³-hybridized carbons (Fsp3) is 0.333. The summed E-state index contributed by atoms with van der Waals surface area (Å²) >= 11 is 0. The minimum Gasteiger partial charge on any atom is -0.426 e. The highest BCUT2D eigenvalue weighted by atomic mass is 16.5. The molecule has 5 rings (SSSR count). The third kappa shape index (κ3) is 3.91. The van der Waals surface area contributed by atoms with Crippen LogP contribution in [0.1, 0.15) is 37.8 Å². The molecule has 2 aromatic carbocycles. The van der Waals surface area contributed by atoms with Gasteiger partial charge in [0.2, 0.25) is 17.7 Å². The highest BCUT2D eigenvalue weighted by Gasteiger charge is 2.47. The zero-order valence-corrected chi connectivity index (χ0v) is 18.9. The first kappa shape index (κ1) is 22.1. The van der Waals surface area contributed by atoms with Crippen molar-refractivity contribution in [1.29, 1.82) is 0 Å². The van der Waals surface area contributed by atoms with Gasteiger partial charge >= 0.3 is 5.97 Å². The van der Waals surface area contributed by atoms with E-state index in [1.165, 1.54) is 4.90 Å². The number of allylic oxidation sites excluding steroid dienone is 2. The molecule has 2 heterocycles. The number of hydrogen-bond acceptors (Lipinski definition) is 5. The lowest BCUT2D eigenvalue weighted by atomic mass is 9.85. The van der Waals surface area contributed by atoms with Gasteiger partial charge in [-0.15, -0.1) is 0 Å². The third-order valence-electron chi connectivity index (χ3n) is 7.06. The monoisotopic (exact) mass is 458 g/mol. The van der Waals surface area contributed by atoms with Gasteiger partial charge < -0.3 is 9.64 Å². The molecule has 0 aromatic heterocycles. The van der Waals surface area contributed by atoms with Crippen molar-refractivity contribution in [2.45, 2.75) is 32.2 Å². The molecule has 3 aliphatic rings. The molecule has 34 heavy (non-hydrogen) atoms. The highest BCUT2D eigenvalue weighted by Crippen LogP contribution is 2.38. The Morgan fingerprint density at radius 2 is 1.53 bits per heavy atom. The minimum absolute atomic E-state index is 0.0735. The van der Waals surface area contributed by atoms with Crippen LogP contribution >= 0.6 is 0 Å². The summed E-state index contributed by atoms with van der Waals surface area (Å²) in [7, 11) is 0. The Hall–Kier alpha value is -3.74. The lowest BCUT2D eigenvalue weighted by molar-refractivity contribution is -0.139. The predicted octanol–water partition coefficient (Wildman–Crippen LogP) is 3.66. The van der Waals surface area contributed by atoms with Gasteiger partial charge in [-0.25, -0.2) is 0 Å². The molecule has 2 fully saturated rings. The number of nitrogens with zero attached hydrogens (tertiary/aromatic N) is 2. The van der Waals surface area contributed by atoms with E-state index in [9.17, 15) is 19.2 Å². The quantitative estimate of drug-likeness (QED) is 0.296. The number of imide groups is 1. The van der Waals surface area contributed by atoms with Crippen molar-refractivity contribution in [1.82, 2.24) is 4.90 Å². The Morgan fingerprint density at radius 3 is 2.15 bits per heavy atom. The summed E-state index contributed by atoms with van der Waals surface area (Å²) in [5, 5.41) is 0. The van der Waals surface area contributed by atoms with Crippen LogP contribution in [0.25, 0.3) is 0 Å². The number of benzene rings is 2. The van der Waals surface area contributed by atoms with Crippen molar-refractivity contribution < 1.29 is 23.9 Å². The van der Waals surface area contributed by atoms with E-state index < -0.39 is 11.9 Å². The number of anilines is 1. The Balaban J connectivity index is 1.23. The van der Waals surface area contributed by atoms with Gasteiger partial charge in [-0.2, -0.15) is 0 Å². The first-order valence-electron chi connectivity index (χ1n) is 11.6. The van der Waals surface area contributed by atoms with E-state index in [2.05, 4.69) is 0 Å². The van der Waals surface area contributed by atoms with Crippen molar-refractivity contribution in [2.75, 3.05) is 11.4 Å². The molecule has 2 saturated heterocycles. The smallest absolute Gasteiger partial charge is 0.316 e. The fourth-order valence-electron chi connectivity index (χ4n) is 5.09. The largest absolute Gasteiger partial charge is 0.426 e. The summed E-state index contributed by atoms with van der Waals surface area (Å²) in [5.74, 6) is -1.72. The standard InChI is InChI=1S/C27H26N2O5/c1-17(18-7-3-2-4-8-18)28-16-19(15-24(28)30)27(33)34-21-13-11-20(12-14-21)29-25(31)22-9-5-6-10-23(22)26(29)32/h2-8,11-14,17,19,22-23H,9-10,15-16H2,1H3/t17-,19-,22-,23-/m1/s1. The Labute approximate surface area is 198 Å². The topological polar surface area (TPSA) is 84.0 Å². The number of fused-ring (bicyclic) bond motifs is 1. The van der Waals surface area contributed by atoms with E-state index >= 15 is 0 Å². The third-order valence-corrected chi connectivity index (χ3v) is 7.06. The van der Waals surface area contributed by atoms with E-state index in [-0.39, 0.29) is 42.0 Å². The van der Waals surface area contributed by atoms with E-state index in [4.69, 9.17) is 4.74 Å². The van der Waals surface area contributed by atoms with Crippen molar-refractivity contribution in [3.63, 3.8) is 0 Å². The second-order valence-corrected chi connectivity index (χ2v) is 9.12. The van der Waals surface area contributed by atoms with Gasteiger partial charge in [0.15, 0.2) is 0 Å². The van der Waals surface area contributed by atoms with Gasteiger partial charge in [-0.05, 0) is 49.6 Å². The number of carbonyl (C=O) groups excluding carboxylic acids is 4. The van der Waals surface area contributed by atoms with E-state index in [1.54, 1.807) is 29.2 Å². The maximum atomic E-state index is 12.8. The molecule has 4 atom stereocenters. The van der Waals surface area contributed by atoms with E-state index in [1.807, 2.05) is 49.4 Å². The molecule has 7 nitrogen and oxygen atoms in total. The van der Waals surface area contributed by atoms with E-state index in [0.29, 0.717) is 30.8 Å². The molecule has 0 N–H and O–H groups in total. The first-order valence-corrected chi connectivity index (χ1v) is 11.6. The van der Waals surface area contributed by atoms with Gasteiger partial charge in [0, 0.05) is 13.0 Å². The number of rotatable bonds is 5. The van der Waals surface area contributed by atoms with Crippen LogP contribution in [0.5, 0.6) is 5.75 Å². The Bertz CT molecular complexity index is 1130. The summed E-state index contributed by atoms with van der Waals surface area (Å²) in [5.41, 5.74) is 1.49. The van der Waals surface area contributed by atoms with Gasteiger partial charge in [0.25, 0.3) is 0 Å². The molecule has 3 amide bonds. The molecule has 0 bridgehead atoms. The Morgan fingerprint density at radius 1 is 0.912 bits per heavy atom. The van der Waals surface area contributed by atoms with Crippen molar-refractivity contribution in [3.8, 4) is 5.75 Å². The number of likely N-dealkylation sites (tertiary alicyclic amines) is 1. The summed E-state index contributed by atoms with van der Waals surface area (Å²) < 4.78 is 5.53. The van der Waals surface area contributed by atoms with Crippen LogP contribution in [-0.4, -0.2) is 35.1 Å². The van der Waals surface area contributed by atoms with Crippen LogP contribution in [0.4, 0.5) is 5.69 Å². The van der Waals surface area contributed by atoms with Crippen LogP contribution in [0.2, 0.25) is 0 Å². The summed E-state index contributed by atoms with van der Waals surface area (Å²) in [6, 6.07) is 16.0. The SMILES string of the molecule is C[C@H](c1ccccc1)N1C[C@H](C(=O)Oc2ccc(N3C(=O)[C@@H]4CC=CC[C@H]4C3=O)cc2)CC1=O. The zero-order valence-electron chi connectivity index (χ0n) is 18.9. The first-order chi connectivity index (χ1) is 16.4. The molecule has 2 aromatic rings. The molecule has 174 valence electrons. The minimum atomic E-state index is -0.546. The maximum Gasteiger partial charge on any atom is 0.316 e. The highest BCUT2D eigenvalue weighted by molar-refractivity contribution is 6.22. The lowest BCUT2D eigenvalue weighted by Crippen LogP contribution is -2.31. The molecule has 7 heteroatoms. The molecule has 0 saturated carbocycles. The number of hydrogen-bond donors (Lipinski definition) is 0.